The molecule has 0 saturated carbocycles. The molecule has 0 fully saturated rings. The summed E-state index contributed by atoms with van der Waals surface area (Å²) in [6.45, 7) is 6.00. The maximum atomic E-state index is 13.1. The Kier molecular flexibility index (Phi) is 5.00. The zero-order chi connectivity index (χ0) is 20.4. The van der Waals surface area contributed by atoms with Crippen molar-refractivity contribution in [2.45, 2.75) is 13.5 Å². The number of allylic oxidation sites excluding steroid dienone is 1. The molecule has 3 aromatic rings. The fraction of sp³-hybridized carbons (Fsp3) is 0.0800. The highest BCUT2D eigenvalue weighted by atomic mass is 19.1. The Labute approximate surface area is 168 Å². The van der Waals surface area contributed by atoms with Crippen LogP contribution in [0.4, 0.5) is 4.39 Å². The van der Waals surface area contributed by atoms with Crippen molar-refractivity contribution in [3.05, 3.63) is 107 Å². The molecule has 0 amide bonds. The van der Waals surface area contributed by atoms with E-state index in [0.29, 0.717) is 29.2 Å². The van der Waals surface area contributed by atoms with Crippen LogP contribution in [-0.2, 0) is 6.61 Å². The first-order chi connectivity index (χ1) is 14.0. The van der Waals surface area contributed by atoms with E-state index in [-0.39, 0.29) is 17.4 Å². The van der Waals surface area contributed by atoms with Crippen molar-refractivity contribution >= 4 is 17.9 Å². The molecule has 0 spiro atoms. The minimum atomic E-state index is -0.328. The number of carbonyl (C=O) groups excluding carboxylic acids is 1. The quantitative estimate of drug-likeness (QED) is 0.507. The predicted molar refractivity (Wildman–Crippen MR) is 111 cm³/mol. The zero-order valence-corrected chi connectivity index (χ0v) is 15.9. The van der Waals surface area contributed by atoms with Crippen LogP contribution in [-0.4, -0.2) is 5.78 Å². The smallest absolute Gasteiger partial charge is 0.232 e. The van der Waals surface area contributed by atoms with Gasteiger partial charge in [0.25, 0.3) is 0 Å². The zero-order valence-electron chi connectivity index (χ0n) is 15.9. The molecule has 3 aromatic carbocycles. The van der Waals surface area contributed by atoms with Crippen LogP contribution in [0.5, 0.6) is 11.5 Å². The standard InChI is InChI=1S/C25H19FO3/c1-3-17-4-6-19(7-5-17)15-28-21-12-16(2)24-22(14-21)29-23(25(24)27)13-18-8-10-20(26)11-9-18/h3-14H,1,15H2,2H3/b23-13-. The molecule has 4 rings (SSSR count). The summed E-state index contributed by atoms with van der Waals surface area (Å²) in [6, 6.07) is 17.4. The molecule has 0 radical (unpaired) electrons. The number of ether oxygens (including phenoxy) is 2. The Morgan fingerprint density at radius 1 is 1.03 bits per heavy atom. The molecule has 0 saturated heterocycles. The molecule has 144 valence electrons. The van der Waals surface area contributed by atoms with Gasteiger partial charge in [0.1, 0.15) is 23.9 Å². The van der Waals surface area contributed by atoms with Crippen LogP contribution >= 0.6 is 0 Å². The SMILES string of the molecule is C=Cc1ccc(COc2cc(C)c3c(c2)O/C(=C\c2ccc(F)cc2)C3=O)cc1. The monoisotopic (exact) mass is 386 g/mol. The van der Waals surface area contributed by atoms with E-state index in [0.717, 1.165) is 16.7 Å². The minimum absolute atomic E-state index is 0.187. The first-order valence-electron chi connectivity index (χ1n) is 9.22. The summed E-state index contributed by atoms with van der Waals surface area (Å²) < 4.78 is 24.8. The predicted octanol–water partition coefficient (Wildman–Crippen LogP) is 5.97. The van der Waals surface area contributed by atoms with Gasteiger partial charge in [-0.3, -0.25) is 4.79 Å². The number of ketones is 1. The average molecular weight is 386 g/mol. The highest BCUT2D eigenvalue weighted by Crippen LogP contribution is 2.37. The third-order valence-corrected chi connectivity index (χ3v) is 4.73. The van der Waals surface area contributed by atoms with Crippen LogP contribution in [0.15, 0.2) is 73.0 Å². The summed E-state index contributed by atoms with van der Waals surface area (Å²) >= 11 is 0. The van der Waals surface area contributed by atoms with Gasteiger partial charge in [-0.25, -0.2) is 4.39 Å². The van der Waals surface area contributed by atoms with Gasteiger partial charge in [-0.2, -0.15) is 0 Å². The molecular weight excluding hydrogens is 367 g/mol. The van der Waals surface area contributed by atoms with Crippen LogP contribution in [0.3, 0.4) is 0 Å². The second-order valence-electron chi connectivity index (χ2n) is 6.84. The van der Waals surface area contributed by atoms with Crippen molar-refractivity contribution < 1.29 is 18.7 Å². The molecule has 0 unspecified atom stereocenters. The van der Waals surface area contributed by atoms with Crippen LogP contribution in [0.2, 0.25) is 0 Å². The molecule has 3 nitrogen and oxygen atoms in total. The number of carbonyl (C=O) groups is 1. The summed E-state index contributed by atoms with van der Waals surface area (Å²) in [5.74, 6) is 0.802. The number of aryl methyl sites for hydroxylation is 1. The van der Waals surface area contributed by atoms with Crippen molar-refractivity contribution in [1.29, 1.82) is 0 Å². The van der Waals surface area contributed by atoms with E-state index in [2.05, 4.69) is 6.58 Å². The van der Waals surface area contributed by atoms with E-state index in [1.807, 2.05) is 37.3 Å². The molecule has 1 aliphatic rings. The summed E-state index contributed by atoms with van der Waals surface area (Å²) in [4.78, 5) is 12.7. The summed E-state index contributed by atoms with van der Waals surface area (Å²) in [5, 5.41) is 0. The van der Waals surface area contributed by atoms with Gasteiger partial charge in [0.2, 0.25) is 5.78 Å². The second kappa shape index (κ2) is 7.76. The molecular formula is C25H19FO3. The Balaban J connectivity index is 1.53. The summed E-state index contributed by atoms with van der Waals surface area (Å²) in [6.07, 6.45) is 3.41. The van der Waals surface area contributed by atoms with Gasteiger partial charge in [0.15, 0.2) is 5.76 Å². The summed E-state index contributed by atoms with van der Waals surface area (Å²) in [5.41, 5.74) is 4.09. The largest absolute Gasteiger partial charge is 0.489 e. The molecule has 1 aliphatic heterocycles. The average Bonchev–Trinajstić information content (AvgIpc) is 3.04. The van der Waals surface area contributed by atoms with Gasteiger partial charge in [0, 0.05) is 6.07 Å². The van der Waals surface area contributed by atoms with Crippen molar-refractivity contribution in [1.82, 2.24) is 0 Å². The Hall–Kier alpha value is -3.66. The molecule has 0 atom stereocenters. The molecule has 29 heavy (non-hydrogen) atoms. The lowest BCUT2D eigenvalue weighted by molar-refractivity contribution is 0.101. The lowest BCUT2D eigenvalue weighted by Crippen LogP contribution is -2.00. The number of fused-ring (bicyclic) bond motifs is 1. The number of benzene rings is 3. The van der Waals surface area contributed by atoms with Crippen LogP contribution in [0.1, 0.15) is 32.6 Å². The fourth-order valence-corrected chi connectivity index (χ4v) is 3.19. The van der Waals surface area contributed by atoms with Gasteiger partial charge < -0.3 is 9.47 Å². The van der Waals surface area contributed by atoms with E-state index in [1.165, 1.54) is 12.1 Å². The lowest BCUT2D eigenvalue weighted by atomic mass is 10.0. The van der Waals surface area contributed by atoms with Gasteiger partial charge in [-0.05, 0) is 53.5 Å². The molecule has 0 aromatic heterocycles. The Morgan fingerprint density at radius 2 is 1.72 bits per heavy atom. The van der Waals surface area contributed by atoms with Crippen LogP contribution in [0.25, 0.3) is 12.2 Å². The number of hydrogen-bond acceptors (Lipinski definition) is 3. The van der Waals surface area contributed by atoms with Gasteiger partial charge in [-0.15, -0.1) is 0 Å². The van der Waals surface area contributed by atoms with E-state index < -0.39 is 0 Å². The Morgan fingerprint density at radius 3 is 2.41 bits per heavy atom. The molecule has 0 bridgehead atoms. The highest BCUT2D eigenvalue weighted by molar-refractivity contribution is 6.15. The van der Waals surface area contributed by atoms with Gasteiger partial charge in [-0.1, -0.05) is 49.1 Å². The molecule has 0 aliphatic carbocycles. The molecule has 4 heteroatoms. The normalized spacial score (nSPS) is 13.9. The van der Waals surface area contributed by atoms with Crippen molar-refractivity contribution in [2.24, 2.45) is 0 Å². The van der Waals surface area contributed by atoms with Crippen LogP contribution in [0, 0.1) is 12.7 Å². The highest BCUT2D eigenvalue weighted by Gasteiger charge is 2.30. The molecule has 0 N–H and O–H groups in total. The first-order valence-corrected chi connectivity index (χ1v) is 9.22. The van der Waals surface area contributed by atoms with Gasteiger partial charge >= 0.3 is 0 Å². The lowest BCUT2D eigenvalue weighted by Gasteiger charge is -2.09. The van der Waals surface area contributed by atoms with Gasteiger partial charge in [0.05, 0.1) is 5.56 Å². The van der Waals surface area contributed by atoms with Crippen molar-refractivity contribution in [3.8, 4) is 11.5 Å². The van der Waals surface area contributed by atoms with E-state index in [4.69, 9.17) is 9.47 Å². The third kappa shape index (κ3) is 3.97. The van der Waals surface area contributed by atoms with Crippen molar-refractivity contribution in [3.63, 3.8) is 0 Å². The van der Waals surface area contributed by atoms with E-state index >= 15 is 0 Å². The number of rotatable bonds is 5. The van der Waals surface area contributed by atoms with Crippen LogP contribution < -0.4 is 9.47 Å². The van der Waals surface area contributed by atoms with Crippen molar-refractivity contribution in [2.75, 3.05) is 0 Å². The summed E-state index contributed by atoms with van der Waals surface area (Å²) in [7, 11) is 0. The maximum Gasteiger partial charge on any atom is 0.232 e. The number of halogens is 1. The minimum Gasteiger partial charge on any atom is -0.489 e. The van der Waals surface area contributed by atoms with E-state index in [1.54, 1.807) is 30.4 Å². The third-order valence-electron chi connectivity index (χ3n) is 4.73. The number of Topliss-reactive ketones (excluding diaryl/α,β-unsaturated/α-hetero) is 1. The molecule has 1 heterocycles. The second-order valence-corrected chi connectivity index (χ2v) is 6.84. The number of hydrogen-bond donors (Lipinski definition) is 0. The topological polar surface area (TPSA) is 35.5 Å². The Bertz CT molecular complexity index is 1110. The maximum absolute atomic E-state index is 13.1. The first kappa shape index (κ1) is 18.7. The fourth-order valence-electron chi connectivity index (χ4n) is 3.19. The van der Waals surface area contributed by atoms with E-state index in [9.17, 15) is 9.18 Å².